The monoisotopic (exact) mass is 431 g/mol. The quantitative estimate of drug-likeness (QED) is 0.500. The maximum atomic E-state index is 13.0. The molecule has 164 valence electrons. The standard InChI is InChI=1S/C24H26N6O2/c1-15-11-18(12-25-14-31)20(23-26-9-10-30(15,23)3)29-16(2)24(32)28-22-21(29)19(13-27-22)17-7-5-4-6-8-17/h4-9,12,14,16,19,27H,1,10-11,13H2,2-3H3,(H-,25,28,31,32)/p+1. The molecule has 3 N–H and O–H groups in total. The van der Waals surface area contributed by atoms with Gasteiger partial charge in [-0.05, 0) is 19.1 Å². The minimum atomic E-state index is -0.447. The number of allylic oxidation sites excluding steroid dienone is 2. The second-order valence-corrected chi connectivity index (χ2v) is 8.69. The molecule has 0 aliphatic carbocycles. The van der Waals surface area contributed by atoms with E-state index in [1.165, 1.54) is 5.56 Å². The molecule has 1 aromatic rings. The molecule has 0 radical (unpaired) electrons. The minimum Gasteiger partial charge on any atom is -0.369 e. The largest absolute Gasteiger partial charge is 0.369 e. The summed E-state index contributed by atoms with van der Waals surface area (Å²) in [6.07, 6.45) is 4.84. The third-order valence-electron chi connectivity index (χ3n) is 6.85. The van der Waals surface area contributed by atoms with Crippen molar-refractivity contribution in [3.63, 3.8) is 0 Å². The Balaban J connectivity index is 1.73. The van der Waals surface area contributed by atoms with Crippen LogP contribution in [0.15, 0.2) is 82.4 Å². The van der Waals surface area contributed by atoms with E-state index in [1.807, 2.05) is 31.3 Å². The molecule has 3 atom stereocenters. The number of hydrogen-bond acceptors (Lipinski definition) is 5. The van der Waals surface area contributed by atoms with E-state index >= 15 is 0 Å². The summed E-state index contributed by atoms with van der Waals surface area (Å²) in [7, 11) is 2.10. The van der Waals surface area contributed by atoms with Crippen LogP contribution in [-0.2, 0) is 9.59 Å². The molecule has 0 bridgehead atoms. The summed E-state index contributed by atoms with van der Waals surface area (Å²) in [5, 5.41) is 9.13. The van der Waals surface area contributed by atoms with E-state index in [-0.39, 0.29) is 11.8 Å². The molecule has 4 heterocycles. The Hall–Kier alpha value is -3.65. The first kappa shape index (κ1) is 20.3. The lowest BCUT2D eigenvalue weighted by Gasteiger charge is -2.44. The molecule has 0 spiro atoms. The highest BCUT2D eigenvalue weighted by molar-refractivity contribution is 5.85. The highest BCUT2D eigenvalue weighted by Crippen LogP contribution is 2.47. The van der Waals surface area contributed by atoms with Crippen LogP contribution in [0.2, 0.25) is 0 Å². The third-order valence-corrected chi connectivity index (χ3v) is 6.85. The van der Waals surface area contributed by atoms with E-state index in [2.05, 4.69) is 46.6 Å². The van der Waals surface area contributed by atoms with Crippen LogP contribution >= 0.6 is 0 Å². The highest BCUT2D eigenvalue weighted by Gasteiger charge is 2.49. The zero-order valence-electron chi connectivity index (χ0n) is 18.3. The van der Waals surface area contributed by atoms with Gasteiger partial charge in [0.15, 0.2) is 0 Å². The number of nitrogens with one attached hydrogen (secondary N) is 3. The lowest BCUT2D eigenvalue weighted by Crippen LogP contribution is -2.53. The predicted octanol–water partition coefficient (Wildman–Crippen LogP) is 1.61. The molecular weight excluding hydrogens is 404 g/mol. The summed E-state index contributed by atoms with van der Waals surface area (Å²) in [4.78, 5) is 31.0. The van der Waals surface area contributed by atoms with E-state index < -0.39 is 6.04 Å². The van der Waals surface area contributed by atoms with E-state index in [1.54, 1.807) is 6.20 Å². The fraction of sp³-hybridized carbons (Fsp3) is 0.292. The molecule has 8 heteroatoms. The summed E-state index contributed by atoms with van der Waals surface area (Å²) >= 11 is 0. The van der Waals surface area contributed by atoms with Crippen molar-refractivity contribution in [3.05, 3.63) is 83.0 Å². The van der Waals surface area contributed by atoms with Crippen molar-refractivity contribution in [3.8, 4) is 0 Å². The van der Waals surface area contributed by atoms with Crippen molar-refractivity contribution in [1.82, 2.24) is 20.9 Å². The normalized spacial score (nSPS) is 30.3. The average Bonchev–Trinajstić information content (AvgIpc) is 3.39. The number of carbonyl (C=O) groups is 2. The van der Waals surface area contributed by atoms with E-state index in [0.29, 0.717) is 30.4 Å². The topological polar surface area (TPSA) is 85.8 Å². The van der Waals surface area contributed by atoms with Gasteiger partial charge in [0, 0.05) is 24.2 Å². The van der Waals surface area contributed by atoms with Gasteiger partial charge in [-0.2, -0.15) is 0 Å². The molecule has 3 unspecified atom stereocenters. The fourth-order valence-corrected chi connectivity index (χ4v) is 5.01. The maximum Gasteiger partial charge on any atom is 0.257 e. The van der Waals surface area contributed by atoms with Crippen LogP contribution in [0.1, 0.15) is 24.8 Å². The lowest BCUT2D eigenvalue weighted by atomic mass is 9.91. The summed E-state index contributed by atoms with van der Waals surface area (Å²) in [6, 6.07) is 9.84. The van der Waals surface area contributed by atoms with Crippen LogP contribution in [0.4, 0.5) is 0 Å². The molecule has 32 heavy (non-hydrogen) atoms. The third kappa shape index (κ3) is 2.90. The minimum absolute atomic E-state index is 0.0666. The molecule has 0 aromatic heterocycles. The highest BCUT2D eigenvalue weighted by atomic mass is 16.2. The number of benzene rings is 1. The zero-order chi connectivity index (χ0) is 22.5. The summed E-state index contributed by atoms with van der Waals surface area (Å²) in [6.45, 7) is 7.62. The van der Waals surface area contributed by atoms with E-state index in [9.17, 15) is 9.59 Å². The number of quaternary nitrogens is 1. The summed E-state index contributed by atoms with van der Waals surface area (Å²) < 4.78 is 0.491. The second kappa shape index (κ2) is 7.49. The zero-order valence-corrected chi connectivity index (χ0v) is 18.3. The van der Waals surface area contributed by atoms with E-state index in [4.69, 9.17) is 4.99 Å². The molecular formula is C24H27N6O2+. The molecule has 2 amide bonds. The Morgan fingerprint density at radius 1 is 1.31 bits per heavy atom. The number of aliphatic imine (C=N–C) groups is 1. The van der Waals surface area contributed by atoms with Crippen LogP contribution in [0.5, 0.6) is 0 Å². The van der Waals surface area contributed by atoms with Gasteiger partial charge in [0.05, 0.1) is 25.4 Å². The SMILES string of the molecule is C=C1CC(=CNC=O)C(N2C3=C(NCC3c3ccccc3)NC(=O)C2C)=C2N=CC[N+]12C. The van der Waals surface area contributed by atoms with Crippen LogP contribution in [0.25, 0.3) is 0 Å². The maximum absolute atomic E-state index is 13.0. The smallest absolute Gasteiger partial charge is 0.257 e. The second-order valence-electron chi connectivity index (χ2n) is 8.69. The molecule has 8 nitrogen and oxygen atoms in total. The molecule has 4 aliphatic rings. The van der Waals surface area contributed by atoms with Gasteiger partial charge in [0.2, 0.25) is 12.3 Å². The van der Waals surface area contributed by atoms with Gasteiger partial charge in [-0.25, -0.2) is 9.48 Å². The molecule has 4 aliphatic heterocycles. The lowest BCUT2D eigenvalue weighted by molar-refractivity contribution is -0.823. The molecule has 0 saturated heterocycles. The number of hydrogen-bond donors (Lipinski definition) is 3. The number of fused-ring (bicyclic) bond motifs is 1. The predicted molar refractivity (Wildman–Crippen MR) is 121 cm³/mol. The van der Waals surface area contributed by atoms with Crippen molar-refractivity contribution in [2.24, 2.45) is 4.99 Å². The van der Waals surface area contributed by atoms with Crippen molar-refractivity contribution in [2.45, 2.75) is 25.3 Å². The van der Waals surface area contributed by atoms with Gasteiger partial charge in [0.25, 0.3) is 5.82 Å². The van der Waals surface area contributed by atoms with E-state index in [0.717, 1.165) is 34.3 Å². The Kier molecular flexibility index (Phi) is 4.74. The van der Waals surface area contributed by atoms with Gasteiger partial charge in [0.1, 0.15) is 29.8 Å². The Bertz CT molecular complexity index is 1130. The number of carbonyl (C=O) groups excluding carboxylic acids is 2. The summed E-state index contributed by atoms with van der Waals surface area (Å²) in [5.41, 5.74) is 4.94. The van der Waals surface area contributed by atoms with Gasteiger partial charge < -0.3 is 20.9 Å². The first-order valence-corrected chi connectivity index (χ1v) is 10.8. The number of amides is 2. The first-order chi connectivity index (χ1) is 15.5. The Labute approximate surface area is 187 Å². The Morgan fingerprint density at radius 3 is 2.84 bits per heavy atom. The molecule has 0 saturated carbocycles. The van der Waals surface area contributed by atoms with Gasteiger partial charge in [-0.15, -0.1) is 0 Å². The average molecular weight is 432 g/mol. The van der Waals surface area contributed by atoms with Gasteiger partial charge >= 0.3 is 0 Å². The van der Waals surface area contributed by atoms with Crippen LogP contribution in [0.3, 0.4) is 0 Å². The van der Waals surface area contributed by atoms with Crippen molar-refractivity contribution in [2.75, 3.05) is 20.1 Å². The molecule has 1 aromatic carbocycles. The molecule has 0 fully saturated rings. The fourth-order valence-electron chi connectivity index (χ4n) is 5.01. The Morgan fingerprint density at radius 2 is 2.09 bits per heavy atom. The van der Waals surface area contributed by atoms with Gasteiger partial charge in [-0.1, -0.05) is 30.3 Å². The van der Waals surface area contributed by atoms with Crippen LogP contribution < -0.4 is 16.0 Å². The van der Waals surface area contributed by atoms with Crippen LogP contribution in [0, 0.1) is 0 Å². The van der Waals surface area contributed by atoms with Crippen LogP contribution in [-0.4, -0.2) is 54.1 Å². The van der Waals surface area contributed by atoms with Gasteiger partial charge in [-0.3, -0.25) is 9.59 Å². The summed E-state index contributed by atoms with van der Waals surface area (Å²) in [5.74, 6) is 1.56. The molecule has 5 rings (SSSR count). The van der Waals surface area contributed by atoms with Crippen molar-refractivity contribution in [1.29, 1.82) is 0 Å². The number of rotatable bonds is 4. The van der Waals surface area contributed by atoms with Crippen molar-refractivity contribution < 1.29 is 14.1 Å². The van der Waals surface area contributed by atoms with Crippen molar-refractivity contribution >= 4 is 18.5 Å². The first-order valence-electron chi connectivity index (χ1n) is 10.8. The number of nitrogens with zero attached hydrogens (tertiary/aromatic N) is 3.